The number of thioether (sulfide) groups is 1. The molecule has 2 rings (SSSR count). The third-order valence-electron chi connectivity index (χ3n) is 2.83. The quantitative estimate of drug-likeness (QED) is 0.878. The Balaban J connectivity index is 2.68. The summed E-state index contributed by atoms with van der Waals surface area (Å²) in [5.41, 5.74) is -0.556. The van der Waals surface area contributed by atoms with Gasteiger partial charge >= 0.3 is 5.69 Å². The van der Waals surface area contributed by atoms with E-state index in [0.29, 0.717) is 22.3 Å². The molecule has 2 N–H and O–H groups in total. The van der Waals surface area contributed by atoms with E-state index in [1.807, 2.05) is 12.3 Å². The summed E-state index contributed by atoms with van der Waals surface area (Å²) in [4.78, 5) is 26.0. The standard InChI is InChI=1S/C13H13BrN2O3S/c1-20-7-6-16-12(18)10(11(17)15-13(16)19)8-4-2-3-5-9(8)14/h2-5,18H,6-7H2,1H3,(H,15,17,19). The van der Waals surface area contributed by atoms with Crippen LogP contribution in [-0.2, 0) is 6.54 Å². The summed E-state index contributed by atoms with van der Waals surface area (Å²) in [7, 11) is 0. The maximum Gasteiger partial charge on any atom is 0.331 e. The molecule has 0 unspecified atom stereocenters. The number of aromatic nitrogens is 2. The van der Waals surface area contributed by atoms with E-state index in [0.717, 1.165) is 0 Å². The van der Waals surface area contributed by atoms with Crippen LogP contribution in [0, 0.1) is 0 Å². The Kier molecular flexibility index (Phi) is 4.72. The SMILES string of the molecule is CSCCn1c(O)c(-c2ccccc2Br)c(=O)[nH]c1=O. The molecule has 0 fully saturated rings. The van der Waals surface area contributed by atoms with Crippen LogP contribution in [0.25, 0.3) is 11.1 Å². The van der Waals surface area contributed by atoms with Crippen molar-refractivity contribution < 1.29 is 5.11 Å². The molecule has 0 radical (unpaired) electrons. The van der Waals surface area contributed by atoms with Crippen LogP contribution in [0.15, 0.2) is 38.3 Å². The molecule has 0 spiro atoms. The monoisotopic (exact) mass is 356 g/mol. The minimum absolute atomic E-state index is 0.0955. The largest absolute Gasteiger partial charge is 0.494 e. The first kappa shape index (κ1) is 14.9. The molecular weight excluding hydrogens is 344 g/mol. The number of rotatable bonds is 4. The lowest BCUT2D eigenvalue weighted by atomic mass is 10.1. The van der Waals surface area contributed by atoms with Crippen molar-refractivity contribution in [3.8, 4) is 17.0 Å². The molecule has 0 saturated heterocycles. The fourth-order valence-corrected chi connectivity index (χ4v) is 2.70. The molecular formula is C13H13BrN2O3S. The summed E-state index contributed by atoms with van der Waals surface area (Å²) in [6.07, 6.45) is 1.91. The van der Waals surface area contributed by atoms with Gasteiger partial charge in [-0.1, -0.05) is 34.1 Å². The zero-order valence-electron chi connectivity index (χ0n) is 10.7. The van der Waals surface area contributed by atoms with Crippen molar-refractivity contribution in [1.29, 1.82) is 0 Å². The van der Waals surface area contributed by atoms with Gasteiger partial charge < -0.3 is 5.11 Å². The molecule has 0 atom stereocenters. The molecule has 0 saturated carbocycles. The first-order valence-corrected chi connectivity index (χ1v) is 8.05. The fraction of sp³-hybridized carbons (Fsp3) is 0.231. The Bertz CT molecular complexity index is 739. The van der Waals surface area contributed by atoms with Gasteiger partial charge in [0.1, 0.15) is 5.56 Å². The van der Waals surface area contributed by atoms with Gasteiger partial charge in [-0.3, -0.25) is 14.3 Å². The zero-order chi connectivity index (χ0) is 14.7. The Morgan fingerprint density at radius 1 is 1.35 bits per heavy atom. The van der Waals surface area contributed by atoms with Crippen molar-refractivity contribution in [2.24, 2.45) is 0 Å². The van der Waals surface area contributed by atoms with Crippen LogP contribution in [-0.4, -0.2) is 26.7 Å². The molecule has 106 valence electrons. The molecule has 20 heavy (non-hydrogen) atoms. The van der Waals surface area contributed by atoms with E-state index in [4.69, 9.17) is 0 Å². The van der Waals surface area contributed by atoms with E-state index < -0.39 is 11.2 Å². The Morgan fingerprint density at radius 3 is 2.70 bits per heavy atom. The first-order chi connectivity index (χ1) is 9.56. The van der Waals surface area contributed by atoms with Gasteiger partial charge in [0.05, 0.1) is 0 Å². The van der Waals surface area contributed by atoms with Crippen LogP contribution in [0.3, 0.4) is 0 Å². The lowest BCUT2D eigenvalue weighted by Gasteiger charge is -2.11. The number of aromatic amines is 1. The van der Waals surface area contributed by atoms with Gasteiger partial charge in [-0.2, -0.15) is 11.8 Å². The van der Waals surface area contributed by atoms with Gasteiger partial charge in [0.2, 0.25) is 5.88 Å². The van der Waals surface area contributed by atoms with Crippen LogP contribution < -0.4 is 11.2 Å². The van der Waals surface area contributed by atoms with Gasteiger partial charge in [-0.05, 0) is 12.3 Å². The molecule has 7 heteroatoms. The second-order valence-electron chi connectivity index (χ2n) is 4.08. The van der Waals surface area contributed by atoms with Crippen molar-refractivity contribution in [3.05, 3.63) is 49.6 Å². The minimum Gasteiger partial charge on any atom is -0.494 e. The predicted molar refractivity (Wildman–Crippen MR) is 84.5 cm³/mol. The number of hydrogen-bond acceptors (Lipinski definition) is 4. The number of nitrogens with zero attached hydrogens (tertiary/aromatic N) is 1. The smallest absolute Gasteiger partial charge is 0.331 e. The molecule has 1 aromatic carbocycles. The number of nitrogens with one attached hydrogen (secondary N) is 1. The van der Waals surface area contributed by atoms with E-state index in [1.165, 1.54) is 4.57 Å². The maximum absolute atomic E-state index is 12.0. The van der Waals surface area contributed by atoms with Gasteiger partial charge in [0.15, 0.2) is 0 Å². The van der Waals surface area contributed by atoms with E-state index in [9.17, 15) is 14.7 Å². The lowest BCUT2D eigenvalue weighted by molar-refractivity contribution is 0.409. The van der Waals surface area contributed by atoms with E-state index in [-0.39, 0.29) is 11.4 Å². The van der Waals surface area contributed by atoms with Crippen molar-refractivity contribution in [2.45, 2.75) is 6.54 Å². The van der Waals surface area contributed by atoms with Crippen LogP contribution in [0.5, 0.6) is 5.88 Å². The summed E-state index contributed by atoms with van der Waals surface area (Å²) >= 11 is 4.89. The Hall–Kier alpha value is -1.47. The topological polar surface area (TPSA) is 75.1 Å². The summed E-state index contributed by atoms with van der Waals surface area (Å²) in [6.45, 7) is 0.333. The number of aromatic hydroxyl groups is 1. The van der Waals surface area contributed by atoms with Crippen molar-refractivity contribution >= 4 is 27.7 Å². The average molecular weight is 357 g/mol. The van der Waals surface area contributed by atoms with Crippen LogP contribution in [0.1, 0.15) is 0 Å². The van der Waals surface area contributed by atoms with Gasteiger partial charge in [0, 0.05) is 22.3 Å². The highest BCUT2D eigenvalue weighted by molar-refractivity contribution is 9.10. The summed E-state index contributed by atoms with van der Waals surface area (Å²) in [5, 5.41) is 10.3. The second-order valence-corrected chi connectivity index (χ2v) is 5.92. The van der Waals surface area contributed by atoms with Crippen molar-refractivity contribution in [3.63, 3.8) is 0 Å². The zero-order valence-corrected chi connectivity index (χ0v) is 13.1. The molecule has 0 bridgehead atoms. The first-order valence-electron chi connectivity index (χ1n) is 5.86. The molecule has 1 heterocycles. The molecule has 0 aliphatic heterocycles. The normalized spacial score (nSPS) is 10.7. The lowest BCUT2D eigenvalue weighted by Crippen LogP contribution is -2.31. The van der Waals surface area contributed by atoms with Crippen molar-refractivity contribution in [2.75, 3.05) is 12.0 Å². The Morgan fingerprint density at radius 2 is 2.05 bits per heavy atom. The molecule has 5 nitrogen and oxygen atoms in total. The Labute approximate surface area is 127 Å². The van der Waals surface area contributed by atoms with E-state index in [2.05, 4.69) is 20.9 Å². The van der Waals surface area contributed by atoms with Crippen LogP contribution in [0.4, 0.5) is 0 Å². The van der Waals surface area contributed by atoms with Crippen LogP contribution >= 0.6 is 27.7 Å². The predicted octanol–water partition coefficient (Wildman–Crippen LogP) is 2.03. The molecule has 2 aromatic rings. The third-order valence-corrected chi connectivity index (χ3v) is 4.12. The molecule has 0 aliphatic carbocycles. The van der Waals surface area contributed by atoms with E-state index >= 15 is 0 Å². The average Bonchev–Trinajstić information content (AvgIpc) is 2.40. The van der Waals surface area contributed by atoms with Gasteiger partial charge in [-0.25, -0.2) is 4.79 Å². The molecule has 1 aromatic heterocycles. The third kappa shape index (κ3) is 2.83. The highest BCUT2D eigenvalue weighted by Crippen LogP contribution is 2.30. The van der Waals surface area contributed by atoms with Gasteiger partial charge in [-0.15, -0.1) is 0 Å². The summed E-state index contributed by atoms with van der Waals surface area (Å²) in [5.74, 6) is 0.356. The molecule has 0 aliphatic rings. The number of halogens is 1. The van der Waals surface area contributed by atoms with Crippen molar-refractivity contribution in [1.82, 2.24) is 9.55 Å². The summed E-state index contributed by atoms with van der Waals surface area (Å²) in [6, 6.07) is 7.04. The maximum atomic E-state index is 12.0. The number of H-pyrrole nitrogens is 1. The van der Waals surface area contributed by atoms with Gasteiger partial charge in [0.25, 0.3) is 5.56 Å². The number of benzene rings is 1. The second kappa shape index (κ2) is 6.32. The summed E-state index contributed by atoms with van der Waals surface area (Å²) < 4.78 is 1.85. The highest BCUT2D eigenvalue weighted by atomic mass is 79.9. The van der Waals surface area contributed by atoms with E-state index in [1.54, 1.807) is 30.0 Å². The fourth-order valence-electron chi connectivity index (χ4n) is 1.86. The highest BCUT2D eigenvalue weighted by Gasteiger charge is 2.17. The minimum atomic E-state index is -0.600. The number of hydrogen-bond donors (Lipinski definition) is 2. The molecule has 0 amide bonds. The van der Waals surface area contributed by atoms with Crippen LogP contribution in [0.2, 0.25) is 0 Å².